The van der Waals surface area contributed by atoms with Crippen LogP contribution in [0.5, 0.6) is 5.75 Å². The molecule has 2 rings (SSSR count). The minimum absolute atomic E-state index is 0.279. The van der Waals surface area contributed by atoms with Gasteiger partial charge in [0.15, 0.2) is 0 Å². The lowest BCUT2D eigenvalue weighted by atomic mass is 10.2. The van der Waals surface area contributed by atoms with Crippen LogP contribution in [0.3, 0.4) is 0 Å². The molecule has 6 nitrogen and oxygen atoms in total. The third-order valence-electron chi connectivity index (χ3n) is 2.27. The SMILES string of the molecule is COc1ccc(N)c(NC(=O)c2cn[nH]c2)c1. The van der Waals surface area contributed by atoms with Gasteiger partial charge in [0, 0.05) is 12.3 Å². The highest BCUT2D eigenvalue weighted by Crippen LogP contribution is 2.24. The minimum atomic E-state index is -0.279. The summed E-state index contributed by atoms with van der Waals surface area (Å²) >= 11 is 0. The first-order valence-corrected chi connectivity index (χ1v) is 4.94. The highest BCUT2D eigenvalue weighted by molar-refractivity contribution is 6.05. The normalized spacial score (nSPS) is 9.94. The number of anilines is 2. The predicted octanol–water partition coefficient (Wildman–Crippen LogP) is 1.25. The van der Waals surface area contributed by atoms with E-state index in [4.69, 9.17) is 10.5 Å². The number of nitrogens with two attached hydrogens (primary N) is 1. The molecular formula is C11H12N4O2. The van der Waals surface area contributed by atoms with Crippen molar-refractivity contribution in [2.75, 3.05) is 18.2 Å². The first-order valence-electron chi connectivity index (χ1n) is 4.94. The number of carbonyl (C=O) groups excluding carboxylic acids is 1. The summed E-state index contributed by atoms with van der Waals surface area (Å²) in [7, 11) is 1.55. The van der Waals surface area contributed by atoms with Crippen molar-refractivity contribution in [2.45, 2.75) is 0 Å². The van der Waals surface area contributed by atoms with Crippen LogP contribution in [0.25, 0.3) is 0 Å². The minimum Gasteiger partial charge on any atom is -0.497 e. The molecule has 6 heteroatoms. The molecular weight excluding hydrogens is 220 g/mol. The van der Waals surface area contributed by atoms with E-state index in [0.717, 1.165) is 0 Å². The van der Waals surface area contributed by atoms with Crippen LogP contribution >= 0.6 is 0 Å². The summed E-state index contributed by atoms with van der Waals surface area (Å²) in [5.41, 5.74) is 7.17. The Morgan fingerprint density at radius 3 is 3.00 bits per heavy atom. The number of amides is 1. The third kappa shape index (κ3) is 2.36. The van der Waals surface area contributed by atoms with E-state index >= 15 is 0 Å². The molecule has 0 aliphatic carbocycles. The quantitative estimate of drug-likeness (QED) is 0.694. The molecule has 17 heavy (non-hydrogen) atoms. The van der Waals surface area contributed by atoms with Gasteiger partial charge < -0.3 is 15.8 Å². The zero-order valence-electron chi connectivity index (χ0n) is 9.23. The van der Waals surface area contributed by atoms with Gasteiger partial charge in [-0.3, -0.25) is 9.89 Å². The number of nitrogens with one attached hydrogen (secondary N) is 2. The van der Waals surface area contributed by atoms with Gasteiger partial charge in [0.25, 0.3) is 5.91 Å². The maximum Gasteiger partial charge on any atom is 0.258 e. The van der Waals surface area contributed by atoms with Crippen LogP contribution < -0.4 is 15.8 Å². The molecule has 0 radical (unpaired) electrons. The highest BCUT2D eigenvalue weighted by Gasteiger charge is 2.09. The maximum atomic E-state index is 11.8. The van der Waals surface area contributed by atoms with Crippen molar-refractivity contribution in [2.24, 2.45) is 0 Å². The van der Waals surface area contributed by atoms with Gasteiger partial charge in [-0.1, -0.05) is 0 Å². The molecule has 0 saturated carbocycles. The number of aromatic nitrogens is 2. The van der Waals surface area contributed by atoms with Gasteiger partial charge in [0.1, 0.15) is 5.75 Å². The Balaban J connectivity index is 2.21. The van der Waals surface area contributed by atoms with Gasteiger partial charge >= 0.3 is 0 Å². The fourth-order valence-corrected chi connectivity index (χ4v) is 1.34. The number of hydrogen-bond donors (Lipinski definition) is 3. The molecule has 0 saturated heterocycles. The van der Waals surface area contributed by atoms with Gasteiger partial charge in [-0.2, -0.15) is 5.10 Å². The first-order chi connectivity index (χ1) is 8.20. The number of hydrogen-bond acceptors (Lipinski definition) is 4. The second-order valence-electron chi connectivity index (χ2n) is 3.39. The van der Waals surface area contributed by atoms with Gasteiger partial charge in [-0.25, -0.2) is 0 Å². The lowest BCUT2D eigenvalue weighted by molar-refractivity contribution is 0.102. The number of nitrogen functional groups attached to an aromatic ring is 1. The molecule has 0 unspecified atom stereocenters. The largest absolute Gasteiger partial charge is 0.497 e. The molecule has 88 valence electrons. The van der Waals surface area contributed by atoms with E-state index in [-0.39, 0.29) is 5.91 Å². The van der Waals surface area contributed by atoms with Crippen molar-refractivity contribution in [3.8, 4) is 5.75 Å². The van der Waals surface area contributed by atoms with E-state index in [2.05, 4.69) is 15.5 Å². The maximum absolute atomic E-state index is 11.8. The molecule has 1 amide bonds. The van der Waals surface area contributed by atoms with Crippen LogP contribution in [-0.2, 0) is 0 Å². The van der Waals surface area contributed by atoms with Crippen LogP contribution in [0.4, 0.5) is 11.4 Å². The van der Waals surface area contributed by atoms with Crippen LogP contribution in [0.2, 0.25) is 0 Å². The van der Waals surface area contributed by atoms with Crippen LogP contribution in [-0.4, -0.2) is 23.2 Å². The number of ether oxygens (including phenoxy) is 1. The van der Waals surface area contributed by atoms with E-state index < -0.39 is 0 Å². The first kappa shape index (κ1) is 11.0. The molecule has 1 aromatic carbocycles. The fraction of sp³-hybridized carbons (Fsp3) is 0.0909. The number of carbonyl (C=O) groups is 1. The molecule has 2 aromatic rings. The Labute approximate surface area is 97.8 Å². The summed E-state index contributed by atoms with van der Waals surface area (Å²) in [5.74, 6) is 0.348. The Hall–Kier alpha value is -2.50. The number of nitrogens with zero attached hydrogens (tertiary/aromatic N) is 1. The number of rotatable bonds is 3. The molecule has 0 aliphatic heterocycles. The molecule has 1 aromatic heterocycles. The summed E-state index contributed by atoms with van der Waals surface area (Å²) < 4.78 is 5.06. The van der Waals surface area contributed by atoms with Crippen LogP contribution in [0.1, 0.15) is 10.4 Å². The molecule has 0 bridgehead atoms. The van der Waals surface area contributed by atoms with Crippen molar-refractivity contribution < 1.29 is 9.53 Å². The Morgan fingerprint density at radius 1 is 1.53 bits per heavy atom. The fourth-order valence-electron chi connectivity index (χ4n) is 1.34. The van der Waals surface area contributed by atoms with Crippen molar-refractivity contribution in [1.29, 1.82) is 0 Å². The van der Waals surface area contributed by atoms with Crippen LogP contribution in [0.15, 0.2) is 30.6 Å². The average Bonchev–Trinajstić information content (AvgIpc) is 2.85. The molecule has 0 fully saturated rings. The van der Waals surface area contributed by atoms with Gasteiger partial charge in [0.2, 0.25) is 0 Å². The van der Waals surface area contributed by atoms with E-state index in [9.17, 15) is 4.79 Å². The van der Waals surface area contributed by atoms with Crippen molar-refractivity contribution in [3.05, 3.63) is 36.2 Å². The van der Waals surface area contributed by atoms with E-state index in [1.165, 1.54) is 12.4 Å². The third-order valence-corrected chi connectivity index (χ3v) is 2.27. The number of benzene rings is 1. The topological polar surface area (TPSA) is 93.0 Å². The standard InChI is InChI=1S/C11H12N4O2/c1-17-8-2-3-9(12)10(4-8)15-11(16)7-5-13-14-6-7/h2-6H,12H2,1H3,(H,13,14)(H,15,16). The molecule has 0 atom stereocenters. The Bertz CT molecular complexity index is 522. The number of methoxy groups -OCH3 is 1. The second kappa shape index (κ2) is 4.56. The summed E-state index contributed by atoms with van der Waals surface area (Å²) in [6, 6.07) is 5.06. The van der Waals surface area contributed by atoms with Crippen molar-refractivity contribution in [3.63, 3.8) is 0 Å². The van der Waals surface area contributed by atoms with E-state index in [1.807, 2.05) is 0 Å². The van der Waals surface area contributed by atoms with Crippen LogP contribution in [0, 0.1) is 0 Å². The lowest BCUT2D eigenvalue weighted by Gasteiger charge is -2.08. The Morgan fingerprint density at radius 2 is 2.35 bits per heavy atom. The van der Waals surface area contributed by atoms with Gasteiger partial charge in [0.05, 0.1) is 30.2 Å². The van der Waals surface area contributed by atoms with Gasteiger partial charge in [-0.15, -0.1) is 0 Å². The van der Waals surface area contributed by atoms with Crippen molar-refractivity contribution in [1.82, 2.24) is 10.2 Å². The summed E-state index contributed by atoms with van der Waals surface area (Å²) in [4.78, 5) is 11.8. The average molecular weight is 232 g/mol. The summed E-state index contributed by atoms with van der Waals surface area (Å²) in [5, 5.41) is 8.95. The summed E-state index contributed by atoms with van der Waals surface area (Å²) in [6.45, 7) is 0. The second-order valence-corrected chi connectivity index (χ2v) is 3.39. The summed E-state index contributed by atoms with van der Waals surface area (Å²) in [6.07, 6.45) is 2.94. The molecule has 0 spiro atoms. The monoisotopic (exact) mass is 232 g/mol. The molecule has 1 heterocycles. The number of H-pyrrole nitrogens is 1. The molecule has 0 aliphatic rings. The van der Waals surface area contributed by atoms with E-state index in [0.29, 0.717) is 22.7 Å². The zero-order valence-corrected chi connectivity index (χ0v) is 9.23. The smallest absolute Gasteiger partial charge is 0.258 e. The van der Waals surface area contributed by atoms with Crippen molar-refractivity contribution >= 4 is 17.3 Å². The Kier molecular flexibility index (Phi) is 2.95. The van der Waals surface area contributed by atoms with Gasteiger partial charge in [-0.05, 0) is 12.1 Å². The predicted molar refractivity (Wildman–Crippen MR) is 63.9 cm³/mol. The van der Waals surface area contributed by atoms with E-state index in [1.54, 1.807) is 25.3 Å². The molecule has 4 N–H and O–H groups in total. The highest BCUT2D eigenvalue weighted by atomic mass is 16.5. The lowest BCUT2D eigenvalue weighted by Crippen LogP contribution is -2.12. The zero-order chi connectivity index (χ0) is 12.3. The number of aromatic amines is 1.